The van der Waals surface area contributed by atoms with Crippen LogP contribution >= 0.6 is 23.7 Å². The number of anilines is 1. The van der Waals surface area contributed by atoms with E-state index in [4.69, 9.17) is 5.73 Å². The number of para-hydroxylation sites is 1. The van der Waals surface area contributed by atoms with Crippen LogP contribution < -0.4 is 11.1 Å². The van der Waals surface area contributed by atoms with E-state index in [-0.39, 0.29) is 18.3 Å². The predicted molar refractivity (Wildman–Crippen MR) is 98.4 cm³/mol. The van der Waals surface area contributed by atoms with Crippen molar-refractivity contribution in [2.24, 2.45) is 5.73 Å². The van der Waals surface area contributed by atoms with Crippen molar-refractivity contribution in [1.29, 1.82) is 0 Å². The summed E-state index contributed by atoms with van der Waals surface area (Å²) >= 11 is 1.52. The van der Waals surface area contributed by atoms with Gasteiger partial charge in [-0.1, -0.05) is 29.9 Å². The third-order valence-corrected chi connectivity index (χ3v) is 5.09. The van der Waals surface area contributed by atoms with Crippen molar-refractivity contribution in [3.8, 4) is 0 Å². The molecule has 0 aliphatic carbocycles. The summed E-state index contributed by atoms with van der Waals surface area (Å²) in [7, 11) is 0. The van der Waals surface area contributed by atoms with Crippen molar-refractivity contribution in [1.82, 2.24) is 9.88 Å². The van der Waals surface area contributed by atoms with Gasteiger partial charge < -0.3 is 11.1 Å². The molecule has 1 saturated heterocycles. The number of hydrogen-bond acceptors (Lipinski definition) is 5. The fourth-order valence-corrected chi connectivity index (χ4v) is 3.94. The van der Waals surface area contributed by atoms with Crippen LogP contribution in [0, 0.1) is 0 Å². The molecule has 1 aliphatic heterocycles. The van der Waals surface area contributed by atoms with Crippen LogP contribution in [0.25, 0.3) is 10.2 Å². The van der Waals surface area contributed by atoms with Gasteiger partial charge in [-0.15, -0.1) is 12.4 Å². The first-order chi connectivity index (χ1) is 10.8. The average molecular weight is 355 g/mol. The van der Waals surface area contributed by atoms with E-state index in [0.717, 1.165) is 36.0 Å². The predicted octanol–water partition coefficient (Wildman–Crippen LogP) is 2.86. The molecule has 2 heterocycles. The van der Waals surface area contributed by atoms with Gasteiger partial charge in [0.15, 0.2) is 5.13 Å². The number of nitrogens with two attached hydrogens (primary N) is 1. The van der Waals surface area contributed by atoms with E-state index in [1.807, 2.05) is 24.3 Å². The second kappa shape index (κ2) is 8.59. The number of nitrogens with one attached hydrogen (secondary N) is 1. The van der Waals surface area contributed by atoms with Gasteiger partial charge in [0, 0.05) is 6.04 Å². The van der Waals surface area contributed by atoms with E-state index >= 15 is 0 Å². The molecule has 0 saturated carbocycles. The Morgan fingerprint density at radius 2 is 2.22 bits per heavy atom. The van der Waals surface area contributed by atoms with Crippen LogP contribution in [0.5, 0.6) is 0 Å². The Morgan fingerprint density at radius 3 is 3.00 bits per heavy atom. The molecule has 0 bridgehead atoms. The Bertz CT molecular complexity index is 613. The van der Waals surface area contributed by atoms with Crippen LogP contribution in [0.1, 0.15) is 25.7 Å². The first kappa shape index (κ1) is 18.1. The molecule has 1 aromatic heterocycles. The maximum atomic E-state index is 12.3. The Labute approximate surface area is 146 Å². The van der Waals surface area contributed by atoms with E-state index in [1.54, 1.807) is 0 Å². The van der Waals surface area contributed by atoms with Crippen LogP contribution in [-0.2, 0) is 4.79 Å². The van der Waals surface area contributed by atoms with Gasteiger partial charge in [0.25, 0.3) is 0 Å². The SMILES string of the molecule is Cl.NCCC1CCCCN1CC(=O)Nc1nc2ccccc2s1. The quantitative estimate of drug-likeness (QED) is 0.866. The summed E-state index contributed by atoms with van der Waals surface area (Å²) in [5.74, 6) is 0.0166. The van der Waals surface area contributed by atoms with Crippen LogP contribution in [0.3, 0.4) is 0 Å². The van der Waals surface area contributed by atoms with Crippen LogP contribution in [0.15, 0.2) is 24.3 Å². The molecule has 5 nitrogen and oxygen atoms in total. The van der Waals surface area contributed by atoms with Crippen LogP contribution in [0.2, 0.25) is 0 Å². The zero-order chi connectivity index (χ0) is 15.4. The van der Waals surface area contributed by atoms with E-state index in [1.165, 1.54) is 17.8 Å². The summed E-state index contributed by atoms with van der Waals surface area (Å²) in [5.41, 5.74) is 6.62. The lowest BCUT2D eigenvalue weighted by atomic mass is 9.99. The summed E-state index contributed by atoms with van der Waals surface area (Å²) in [6.45, 7) is 2.10. The van der Waals surface area contributed by atoms with Gasteiger partial charge in [0.2, 0.25) is 5.91 Å². The van der Waals surface area contributed by atoms with Crippen molar-refractivity contribution in [2.45, 2.75) is 31.7 Å². The van der Waals surface area contributed by atoms with Crippen molar-refractivity contribution in [2.75, 3.05) is 25.0 Å². The van der Waals surface area contributed by atoms with Crippen LogP contribution in [-0.4, -0.2) is 41.5 Å². The van der Waals surface area contributed by atoms with Crippen molar-refractivity contribution in [3.63, 3.8) is 0 Å². The highest BCUT2D eigenvalue weighted by molar-refractivity contribution is 7.22. The Balaban J connectivity index is 0.00000192. The number of amides is 1. The lowest BCUT2D eigenvalue weighted by Crippen LogP contribution is -2.44. The Hall–Kier alpha value is -1.21. The third kappa shape index (κ3) is 4.64. The summed E-state index contributed by atoms with van der Waals surface area (Å²) in [4.78, 5) is 19.0. The third-order valence-electron chi connectivity index (χ3n) is 4.14. The zero-order valence-corrected chi connectivity index (χ0v) is 14.7. The maximum Gasteiger partial charge on any atom is 0.240 e. The molecule has 2 aromatic rings. The number of benzene rings is 1. The van der Waals surface area contributed by atoms with E-state index < -0.39 is 0 Å². The molecular weight excluding hydrogens is 332 g/mol. The normalized spacial score (nSPS) is 18.6. The lowest BCUT2D eigenvalue weighted by Gasteiger charge is -2.34. The molecule has 126 valence electrons. The number of rotatable bonds is 5. The summed E-state index contributed by atoms with van der Waals surface area (Å²) in [6, 6.07) is 8.36. The number of halogens is 1. The number of carbonyl (C=O) groups is 1. The number of aromatic nitrogens is 1. The molecule has 3 rings (SSSR count). The number of piperidine rings is 1. The Kier molecular flexibility index (Phi) is 6.77. The topological polar surface area (TPSA) is 71.2 Å². The first-order valence-corrected chi connectivity index (χ1v) is 8.67. The lowest BCUT2D eigenvalue weighted by molar-refractivity contribution is -0.118. The number of nitrogens with zero attached hydrogens (tertiary/aromatic N) is 2. The molecule has 1 unspecified atom stereocenters. The summed E-state index contributed by atoms with van der Waals surface area (Å²) in [5, 5.41) is 3.62. The maximum absolute atomic E-state index is 12.3. The number of thiazole rings is 1. The number of carbonyl (C=O) groups excluding carboxylic acids is 1. The number of fused-ring (bicyclic) bond motifs is 1. The van der Waals surface area contributed by atoms with Crippen molar-refractivity contribution >= 4 is 45.0 Å². The number of hydrogen-bond donors (Lipinski definition) is 2. The second-order valence-corrected chi connectivity index (χ2v) is 6.76. The van der Waals surface area contributed by atoms with E-state index in [0.29, 0.717) is 24.3 Å². The Morgan fingerprint density at radius 1 is 1.39 bits per heavy atom. The summed E-state index contributed by atoms with van der Waals surface area (Å²) < 4.78 is 1.09. The highest BCUT2D eigenvalue weighted by Gasteiger charge is 2.23. The minimum Gasteiger partial charge on any atom is -0.330 e. The highest BCUT2D eigenvalue weighted by atomic mass is 35.5. The monoisotopic (exact) mass is 354 g/mol. The van der Waals surface area contributed by atoms with Gasteiger partial charge in [0.1, 0.15) is 0 Å². The molecular formula is C16H23ClN4OS. The molecule has 3 N–H and O–H groups in total. The van der Waals surface area contributed by atoms with Gasteiger partial charge in [-0.05, 0) is 44.5 Å². The van der Waals surface area contributed by atoms with Gasteiger partial charge in [-0.2, -0.15) is 0 Å². The van der Waals surface area contributed by atoms with Gasteiger partial charge in [-0.3, -0.25) is 9.69 Å². The highest BCUT2D eigenvalue weighted by Crippen LogP contribution is 2.25. The smallest absolute Gasteiger partial charge is 0.240 e. The van der Waals surface area contributed by atoms with E-state index in [9.17, 15) is 4.79 Å². The van der Waals surface area contributed by atoms with Gasteiger partial charge in [0.05, 0.1) is 16.8 Å². The second-order valence-electron chi connectivity index (χ2n) is 5.73. The standard InChI is InChI=1S/C16H22N4OS.ClH/c17-9-8-12-5-3-4-10-20(12)11-15(21)19-16-18-13-6-1-2-7-14(13)22-16;/h1-2,6-7,12H,3-5,8-11,17H2,(H,18,19,21);1H. The van der Waals surface area contributed by atoms with Crippen LogP contribution in [0.4, 0.5) is 5.13 Å². The van der Waals surface area contributed by atoms with Gasteiger partial charge >= 0.3 is 0 Å². The van der Waals surface area contributed by atoms with Crippen molar-refractivity contribution < 1.29 is 4.79 Å². The van der Waals surface area contributed by atoms with Crippen molar-refractivity contribution in [3.05, 3.63) is 24.3 Å². The molecule has 1 amide bonds. The molecule has 7 heteroatoms. The molecule has 1 fully saturated rings. The van der Waals surface area contributed by atoms with Gasteiger partial charge in [-0.25, -0.2) is 4.98 Å². The molecule has 0 spiro atoms. The summed E-state index contributed by atoms with van der Waals surface area (Å²) in [6.07, 6.45) is 4.51. The fraction of sp³-hybridized carbons (Fsp3) is 0.500. The fourth-order valence-electron chi connectivity index (χ4n) is 3.06. The first-order valence-electron chi connectivity index (χ1n) is 7.86. The minimum atomic E-state index is 0. The molecule has 1 aromatic carbocycles. The molecule has 1 atom stereocenters. The van der Waals surface area contributed by atoms with E-state index in [2.05, 4.69) is 15.2 Å². The zero-order valence-electron chi connectivity index (χ0n) is 13.0. The minimum absolute atomic E-state index is 0. The number of likely N-dealkylation sites (tertiary alicyclic amines) is 1. The molecule has 1 aliphatic rings. The largest absolute Gasteiger partial charge is 0.330 e. The average Bonchev–Trinajstić information content (AvgIpc) is 2.91. The molecule has 23 heavy (non-hydrogen) atoms. The molecule has 0 radical (unpaired) electrons.